The van der Waals surface area contributed by atoms with Crippen LogP contribution in [0.2, 0.25) is 0 Å². The van der Waals surface area contributed by atoms with Gasteiger partial charge in [0.1, 0.15) is 0 Å². The maximum Gasteiger partial charge on any atom is 0.162 e. The molecule has 0 unspecified atom stereocenters. The van der Waals surface area contributed by atoms with Gasteiger partial charge in [0.25, 0.3) is 0 Å². The highest BCUT2D eigenvalue weighted by Crippen LogP contribution is 2.53. The van der Waals surface area contributed by atoms with E-state index in [0.717, 1.165) is 24.3 Å². The number of hydrogen-bond acceptors (Lipinski definition) is 3. The van der Waals surface area contributed by atoms with E-state index in [1.165, 1.54) is 12.0 Å². The van der Waals surface area contributed by atoms with E-state index >= 15 is 0 Å². The van der Waals surface area contributed by atoms with Gasteiger partial charge in [-0.05, 0) is 47.6 Å². The first kappa shape index (κ1) is 16.0. The van der Waals surface area contributed by atoms with Gasteiger partial charge in [-0.15, -0.1) is 0 Å². The van der Waals surface area contributed by atoms with E-state index in [2.05, 4.69) is 33.8 Å². The molecule has 21 heavy (non-hydrogen) atoms. The molecule has 0 bridgehead atoms. The first-order valence-electron chi connectivity index (χ1n) is 7.69. The van der Waals surface area contributed by atoms with Gasteiger partial charge in [0.05, 0.1) is 14.2 Å². The van der Waals surface area contributed by atoms with Crippen LogP contribution in [0.4, 0.5) is 5.69 Å². The normalized spacial score (nSPS) is 21.0. The van der Waals surface area contributed by atoms with Crippen molar-refractivity contribution in [2.24, 2.45) is 10.8 Å². The minimum atomic E-state index is 0.339. The molecule has 1 aliphatic rings. The maximum absolute atomic E-state index is 6.29. The Morgan fingerprint density at radius 3 is 1.90 bits per heavy atom. The largest absolute Gasteiger partial charge is 0.493 e. The number of methoxy groups -OCH3 is 2. The van der Waals surface area contributed by atoms with Crippen LogP contribution in [0.3, 0.4) is 0 Å². The molecule has 2 rings (SSSR count). The Bertz CT molecular complexity index is 504. The molecule has 0 amide bonds. The zero-order chi connectivity index (χ0) is 15.8. The highest BCUT2D eigenvalue weighted by atomic mass is 16.5. The smallest absolute Gasteiger partial charge is 0.162 e. The van der Waals surface area contributed by atoms with Crippen LogP contribution in [0, 0.1) is 10.8 Å². The number of ether oxygens (including phenoxy) is 2. The standard InChI is InChI=1S/C18H29NO2/c1-17(2)9-12(10-18(3,4)11-17)13-7-15(20-5)16(21-6)8-14(13)19/h7-8,12H,9-11,19H2,1-6H3. The lowest BCUT2D eigenvalue weighted by Crippen LogP contribution is -2.33. The first-order valence-corrected chi connectivity index (χ1v) is 7.69. The molecule has 1 aliphatic carbocycles. The molecule has 2 N–H and O–H groups in total. The molecule has 0 heterocycles. The molecule has 1 saturated carbocycles. The topological polar surface area (TPSA) is 44.5 Å². The Labute approximate surface area is 128 Å². The summed E-state index contributed by atoms with van der Waals surface area (Å²) in [7, 11) is 3.32. The Morgan fingerprint density at radius 1 is 0.952 bits per heavy atom. The summed E-state index contributed by atoms with van der Waals surface area (Å²) in [5, 5.41) is 0. The minimum Gasteiger partial charge on any atom is -0.493 e. The van der Waals surface area contributed by atoms with E-state index < -0.39 is 0 Å². The van der Waals surface area contributed by atoms with E-state index in [0.29, 0.717) is 22.5 Å². The van der Waals surface area contributed by atoms with Crippen molar-refractivity contribution in [2.45, 2.75) is 52.9 Å². The summed E-state index contributed by atoms with van der Waals surface area (Å²) in [6, 6.07) is 3.96. The molecule has 0 atom stereocenters. The molecule has 118 valence electrons. The van der Waals surface area contributed by atoms with Crippen LogP contribution in [-0.4, -0.2) is 14.2 Å². The molecule has 0 aromatic heterocycles. The predicted molar refractivity (Wildman–Crippen MR) is 88.1 cm³/mol. The summed E-state index contributed by atoms with van der Waals surface area (Å²) in [6.45, 7) is 9.44. The minimum absolute atomic E-state index is 0.339. The van der Waals surface area contributed by atoms with Crippen LogP contribution in [0.15, 0.2) is 12.1 Å². The zero-order valence-corrected chi connectivity index (χ0v) is 14.2. The SMILES string of the molecule is COc1cc(N)c(C2CC(C)(C)CC(C)(C)C2)cc1OC. The van der Waals surface area contributed by atoms with Gasteiger partial charge in [-0.3, -0.25) is 0 Å². The third-order valence-corrected chi connectivity index (χ3v) is 4.58. The Balaban J connectivity index is 2.41. The van der Waals surface area contributed by atoms with Crippen LogP contribution in [0.1, 0.15) is 58.4 Å². The molecule has 0 aliphatic heterocycles. The second-order valence-electron chi connectivity index (χ2n) is 7.95. The molecule has 0 spiro atoms. The lowest BCUT2D eigenvalue weighted by Gasteiger charge is -2.45. The van der Waals surface area contributed by atoms with E-state index in [9.17, 15) is 0 Å². The van der Waals surface area contributed by atoms with Crippen LogP contribution in [0.25, 0.3) is 0 Å². The molecule has 1 aromatic rings. The van der Waals surface area contributed by atoms with Crippen molar-refractivity contribution in [3.05, 3.63) is 17.7 Å². The lowest BCUT2D eigenvalue weighted by atomic mass is 9.60. The van der Waals surface area contributed by atoms with Crippen LogP contribution >= 0.6 is 0 Å². The average molecular weight is 291 g/mol. The van der Waals surface area contributed by atoms with Crippen LogP contribution in [-0.2, 0) is 0 Å². The second-order valence-corrected chi connectivity index (χ2v) is 7.95. The van der Waals surface area contributed by atoms with Crippen LogP contribution in [0.5, 0.6) is 11.5 Å². The summed E-state index contributed by atoms with van der Waals surface area (Å²) in [5.74, 6) is 1.94. The van der Waals surface area contributed by atoms with E-state index in [4.69, 9.17) is 15.2 Å². The Morgan fingerprint density at radius 2 is 1.43 bits per heavy atom. The summed E-state index contributed by atoms with van der Waals surface area (Å²) >= 11 is 0. The molecule has 1 aromatic carbocycles. The van der Waals surface area contributed by atoms with E-state index in [1.54, 1.807) is 14.2 Å². The highest BCUT2D eigenvalue weighted by Gasteiger charge is 2.39. The van der Waals surface area contributed by atoms with Crippen LogP contribution < -0.4 is 15.2 Å². The van der Waals surface area contributed by atoms with Gasteiger partial charge in [0.15, 0.2) is 11.5 Å². The van der Waals surface area contributed by atoms with Crippen molar-refractivity contribution in [1.82, 2.24) is 0 Å². The van der Waals surface area contributed by atoms with Crippen molar-refractivity contribution in [1.29, 1.82) is 0 Å². The number of nitrogens with two attached hydrogens (primary N) is 1. The Hall–Kier alpha value is -1.38. The third kappa shape index (κ3) is 3.45. The van der Waals surface area contributed by atoms with Gasteiger partial charge < -0.3 is 15.2 Å². The number of hydrogen-bond donors (Lipinski definition) is 1. The lowest BCUT2D eigenvalue weighted by molar-refractivity contribution is 0.0970. The first-order chi connectivity index (χ1) is 9.67. The van der Waals surface area contributed by atoms with Gasteiger partial charge in [-0.2, -0.15) is 0 Å². The number of benzene rings is 1. The van der Waals surface area contributed by atoms with E-state index in [1.807, 2.05) is 6.07 Å². The molecular formula is C18H29NO2. The fraction of sp³-hybridized carbons (Fsp3) is 0.667. The number of anilines is 1. The second kappa shape index (κ2) is 5.43. The van der Waals surface area contributed by atoms with Crippen molar-refractivity contribution >= 4 is 5.69 Å². The molecule has 1 fully saturated rings. The maximum atomic E-state index is 6.29. The number of rotatable bonds is 3. The summed E-state index contributed by atoms with van der Waals surface area (Å²) in [4.78, 5) is 0. The molecule has 0 saturated heterocycles. The summed E-state index contributed by atoms with van der Waals surface area (Å²) in [5.41, 5.74) is 8.99. The third-order valence-electron chi connectivity index (χ3n) is 4.58. The Kier molecular flexibility index (Phi) is 4.14. The molecule has 3 nitrogen and oxygen atoms in total. The van der Waals surface area contributed by atoms with Gasteiger partial charge in [0, 0.05) is 11.8 Å². The zero-order valence-electron chi connectivity index (χ0n) is 14.2. The van der Waals surface area contributed by atoms with Gasteiger partial charge in [-0.25, -0.2) is 0 Å². The number of nitrogen functional groups attached to an aromatic ring is 1. The summed E-state index contributed by atoms with van der Waals surface area (Å²) < 4.78 is 10.8. The van der Waals surface area contributed by atoms with Gasteiger partial charge in [-0.1, -0.05) is 27.7 Å². The fourth-order valence-corrected chi connectivity index (χ4v) is 4.33. The van der Waals surface area contributed by atoms with Crippen molar-refractivity contribution in [2.75, 3.05) is 20.0 Å². The van der Waals surface area contributed by atoms with Crippen molar-refractivity contribution in [3.63, 3.8) is 0 Å². The van der Waals surface area contributed by atoms with Gasteiger partial charge in [0.2, 0.25) is 0 Å². The van der Waals surface area contributed by atoms with Crippen molar-refractivity contribution in [3.8, 4) is 11.5 Å². The fourth-order valence-electron chi connectivity index (χ4n) is 4.33. The molecular weight excluding hydrogens is 262 g/mol. The quantitative estimate of drug-likeness (QED) is 0.827. The predicted octanol–water partition coefficient (Wildman–Crippen LogP) is 4.61. The summed E-state index contributed by atoms with van der Waals surface area (Å²) in [6.07, 6.45) is 3.58. The van der Waals surface area contributed by atoms with Gasteiger partial charge >= 0.3 is 0 Å². The average Bonchev–Trinajstić information content (AvgIpc) is 2.34. The monoisotopic (exact) mass is 291 g/mol. The molecule has 3 heteroatoms. The molecule has 0 radical (unpaired) electrons. The van der Waals surface area contributed by atoms with E-state index in [-0.39, 0.29) is 0 Å². The van der Waals surface area contributed by atoms with Crippen molar-refractivity contribution < 1.29 is 9.47 Å². The highest BCUT2D eigenvalue weighted by molar-refractivity contribution is 5.59.